The fourth-order valence-electron chi connectivity index (χ4n) is 2.08. The number of hydrogen-bond donors (Lipinski definition) is 2. The van der Waals surface area contributed by atoms with E-state index in [-0.39, 0.29) is 0 Å². The number of methoxy groups -OCH3 is 2. The standard InChI is InChI=1S/C16H19NO7/c1-22-15(20)11(9-18)14(13(19)16(21)23-2)24-12(8-17)10-6-4-3-5-7-10/h3-7,11-14,18-19H,9H2,1-2H3/t11-,12+,13+,14-/m1/s1. The summed E-state index contributed by atoms with van der Waals surface area (Å²) in [6.07, 6.45) is -4.58. The highest BCUT2D eigenvalue weighted by molar-refractivity contribution is 5.78. The van der Waals surface area contributed by atoms with Crippen LogP contribution in [0.3, 0.4) is 0 Å². The smallest absolute Gasteiger partial charge is 0.337 e. The van der Waals surface area contributed by atoms with Crippen LogP contribution >= 0.6 is 0 Å². The van der Waals surface area contributed by atoms with E-state index >= 15 is 0 Å². The van der Waals surface area contributed by atoms with Crippen molar-refractivity contribution in [2.45, 2.75) is 18.3 Å². The number of aliphatic hydroxyl groups is 2. The minimum Gasteiger partial charge on any atom is -0.469 e. The number of esters is 2. The Kier molecular flexibility index (Phi) is 7.85. The molecule has 0 spiro atoms. The molecule has 2 N–H and O–H groups in total. The lowest BCUT2D eigenvalue weighted by molar-refractivity contribution is -0.175. The lowest BCUT2D eigenvalue weighted by Crippen LogP contribution is -2.47. The maximum absolute atomic E-state index is 11.8. The van der Waals surface area contributed by atoms with Gasteiger partial charge in [-0.3, -0.25) is 4.79 Å². The first-order chi connectivity index (χ1) is 11.5. The SMILES string of the molecule is COC(=O)[C@@H](O)[C@H](O[C@@H](C#N)c1ccccc1)[C@@H](CO)C(=O)OC. The summed E-state index contributed by atoms with van der Waals surface area (Å²) >= 11 is 0. The highest BCUT2D eigenvalue weighted by Crippen LogP contribution is 2.24. The van der Waals surface area contributed by atoms with Gasteiger partial charge >= 0.3 is 11.9 Å². The zero-order valence-electron chi connectivity index (χ0n) is 13.3. The molecule has 0 heterocycles. The van der Waals surface area contributed by atoms with Crippen molar-refractivity contribution in [3.8, 4) is 6.07 Å². The molecule has 1 rings (SSSR count). The van der Waals surface area contributed by atoms with Crippen LogP contribution in [-0.2, 0) is 23.8 Å². The van der Waals surface area contributed by atoms with Gasteiger partial charge in [0, 0.05) is 0 Å². The van der Waals surface area contributed by atoms with Crippen LogP contribution < -0.4 is 0 Å². The Labute approximate surface area is 139 Å². The normalized spacial score (nSPS) is 15.5. The van der Waals surface area contributed by atoms with Crippen LogP contribution in [0, 0.1) is 17.2 Å². The highest BCUT2D eigenvalue weighted by Gasteiger charge is 2.41. The molecule has 8 heteroatoms. The summed E-state index contributed by atoms with van der Waals surface area (Å²) < 4.78 is 14.5. The molecule has 0 saturated heterocycles. The van der Waals surface area contributed by atoms with E-state index in [0.29, 0.717) is 5.56 Å². The third-order valence-corrected chi connectivity index (χ3v) is 3.36. The summed E-state index contributed by atoms with van der Waals surface area (Å²) in [4.78, 5) is 23.4. The summed E-state index contributed by atoms with van der Waals surface area (Å²) in [7, 11) is 2.14. The molecule has 0 saturated carbocycles. The van der Waals surface area contributed by atoms with Crippen LogP contribution in [0.5, 0.6) is 0 Å². The first-order valence-corrected chi connectivity index (χ1v) is 7.04. The lowest BCUT2D eigenvalue weighted by Gasteiger charge is -2.28. The zero-order valence-corrected chi connectivity index (χ0v) is 13.3. The Bertz CT molecular complexity index is 584. The van der Waals surface area contributed by atoms with Crippen molar-refractivity contribution in [2.75, 3.05) is 20.8 Å². The van der Waals surface area contributed by atoms with Crippen molar-refractivity contribution < 1.29 is 34.0 Å². The number of ether oxygens (including phenoxy) is 3. The van der Waals surface area contributed by atoms with E-state index in [1.54, 1.807) is 30.3 Å². The van der Waals surface area contributed by atoms with E-state index in [2.05, 4.69) is 9.47 Å². The second kappa shape index (κ2) is 9.62. The third-order valence-electron chi connectivity index (χ3n) is 3.36. The van der Waals surface area contributed by atoms with E-state index in [4.69, 9.17) is 4.74 Å². The van der Waals surface area contributed by atoms with Gasteiger partial charge in [0.1, 0.15) is 12.0 Å². The lowest BCUT2D eigenvalue weighted by atomic mass is 9.97. The van der Waals surface area contributed by atoms with Gasteiger partial charge in [0.25, 0.3) is 0 Å². The topological polar surface area (TPSA) is 126 Å². The van der Waals surface area contributed by atoms with E-state index in [1.807, 2.05) is 6.07 Å². The maximum atomic E-state index is 11.8. The van der Waals surface area contributed by atoms with Gasteiger partial charge in [-0.1, -0.05) is 30.3 Å². The summed E-state index contributed by atoms with van der Waals surface area (Å²) in [5, 5.41) is 28.8. The average Bonchev–Trinajstić information content (AvgIpc) is 2.64. The van der Waals surface area contributed by atoms with Gasteiger partial charge in [0.05, 0.1) is 26.9 Å². The number of aliphatic hydroxyl groups excluding tert-OH is 2. The molecule has 0 unspecified atom stereocenters. The van der Waals surface area contributed by atoms with Gasteiger partial charge in [-0.2, -0.15) is 5.26 Å². The number of nitriles is 1. The van der Waals surface area contributed by atoms with E-state index in [0.717, 1.165) is 14.2 Å². The van der Waals surface area contributed by atoms with E-state index in [9.17, 15) is 25.1 Å². The van der Waals surface area contributed by atoms with Crippen LogP contribution in [0.15, 0.2) is 30.3 Å². The minimum atomic E-state index is -1.88. The van der Waals surface area contributed by atoms with Gasteiger partial charge < -0.3 is 24.4 Å². The number of benzene rings is 1. The van der Waals surface area contributed by atoms with E-state index < -0.39 is 42.8 Å². The van der Waals surface area contributed by atoms with Crippen LogP contribution in [0.25, 0.3) is 0 Å². The summed E-state index contributed by atoms with van der Waals surface area (Å²) in [6.45, 7) is -0.752. The van der Waals surface area contributed by atoms with Crippen molar-refractivity contribution in [2.24, 2.45) is 5.92 Å². The van der Waals surface area contributed by atoms with E-state index in [1.165, 1.54) is 0 Å². The molecule has 8 nitrogen and oxygen atoms in total. The van der Waals surface area contributed by atoms with Crippen molar-refractivity contribution in [1.29, 1.82) is 5.26 Å². The predicted molar refractivity (Wildman–Crippen MR) is 80.3 cm³/mol. The molecule has 4 atom stereocenters. The molecule has 0 amide bonds. The molecule has 0 radical (unpaired) electrons. The van der Waals surface area contributed by atoms with Crippen LogP contribution in [0.4, 0.5) is 0 Å². The quantitative estimate of drug-likeness (QED) is 0.632. The number of carbonyl (C=O) groups excluding carboxylic acids is 2. The Morgan fingerprint density at radius 3 is 2.21 bits per heavy atom. The Hall–Kier alpha value is -2.47. The van der Waals surface area contributed by atoms with Crippen LogP contribution in [0.1, 0.15) is 11.7 Å². The van der Waals surface area contributed by atoms with Crippen molar-refractivity contribution in [3.63, 3.8) is 0 Å². The molecule has 0 aliphatic heterocycles. The molecule has 0 aliphatic rings. The van der Waals surface area contributed by atoms with Crippen LogP contribution in [0.2, 0.25) is 0 Å². The fraction of sp³-hybridized carbons (Fsp3) is 0.438. The molecule has 0 fully saturated rings. The predicted octanol–water partition coefficient (Wildman–Crippen LogP) is -0.0481. The van der Waals surface area contributed by atoms with Gasteiger partial charge in [-0.25, -0.2) is 4.79 Å². The number of rotatable bonds is 8. The van der Waals surface area contributed by atoms with Gasteiger partial charge in [0.15, 0.2) is 12.2 Å². The highest BCUT2D eigenvalue weighted by atomic mass is 16.6. The zero-order chi connectivity index (χ0) is 18.1. The van der Waals surface area contributed by atoms with Crippen LogP contribution in [-0.4, -0.2) is 55.2 Å². The molecule has 0 aromatic heterocycles. The number of hydrogen-bond acceptors (Lipinski definition) is 8. The molecule has 1 aromatic rings. The Balaban J connectivity index is 3.14. The summed E-state index contributed by atoms with van der Waals surface area (Å²) in [5.41, 5.74) is 0.462. The molecule has 0 bridgehead atoms. The van der Waals surface area contributed by atoms with Crippen molar-refractivity contribution in [1.82, 2.24) is 0 Å². The van der Waals surface area contributed by atoms with Gasteiger partial charge in [-0.05, 0) is 5.56 Å². The number of carbonyl (C=O) groups is 2. The van der Waals surface area contributed by atoms with Gasteiger partial charge in [0.2, 0.25) is 0 Å². The number of nitrogens with zero attached hydrogens (tertiary/aromatic N) is 1. The summed E-state index contributed by atoms with van der Waals surface area (Å²) in [5.74, 6) is -3.33. The molecule has 0 aliphatic carbocycles. The first-order valence-electron chi connectivity index (χ1n) is 7.04. The molecular weight excluding hydrogens is 318 g/mol. The van der Waals surface area contributed by atoms with Gasteiger partial charge in [-0.15, -0.1) is 0 Å². The summed E-state index contributed by atoms with van der Waals surface area (Å²) in [6, 6.07) is 10.2. The molecule has 130 valence electrons. The second-order valence-corrected chi connectivity index (χ2v) is 4.80. The third kappa shape index (κ3) is 4.76. The molecular formula is C16H19NO7. The largest absolute Gasteiger partial charge is 0.469 e. The van der Waals surface area contributed by atoms with Crippen molar-refractivity contribution >= 4 is 11.9 Å². The first kappa shape index (κ1) is 19.6. The average molecular weight is 337 g/mol. The minimum absolute atomic E-state index is 0.462. The maximum Gasteiger partial charge on any atom is 0.337 e. The monoisotopic (exact) mass is 337 g/mol. The molecule has 1 aromatic carbocycles. The van der Waals surface area contributed by atoms with Crippen molar-refractivity contribution in [3.05, 3.63) is 35.9 Å². The second-order valence-electron chi connectivity index (χ2n) is 4.80. The molecule has 24 heavy (non-hydrogen) atoms. The Morgan fingerprint density at radius 1 is 1.17 bits per heavy atom. The fourth-order valence-corrected chi connectivity index (χ4v) is 2.08. The Morgan fingerprint density at radius 2 is 1.75 bits per heavy atom.